The Morgan fingerprint density at radius 1 is 0.853 bits per heavy atom. The van der Waals surface area contributed by atoms with Crippen molar-refractivity contribution in [2.24, 2.45) is 0 Å². The number of amides is 2. The second-order valence-corrected chi connectivity index (χ2v) is 8.64. The SMILES string of the molecule is O=C(Cc1ccc(Cl)cc1)N1CCN(C(=O)c2cnn(-c3ccc(Cl)cc3)c2C(F)(F)F)CC1. The first-order chi connectivity index (χ1) is 16.1. The number of hydrogen-bond donors (Lipinski definition) is 0. The van der Waals surface area contributed by atoms with Crippen LogP contribution in [0, 0.1) is 0 Å². The lowest BCUT2D eigenvalue weighted by atomic mass is 10.1. The fourth-order valence-electron chi connectivity index (χ4n) is 3.77. The molecule has 0 spiro atoms. The quantitative estimate of drug-likeness (QED) is 0.510. The maximum absolute atomic E-state index is 13.9. The van der Waals surface area contributed by atoms with Gasteiger partial charge in [-0.2, -0.15) is 18.3 Å². The zero-order chi connectivity index (χ0) is 24.5. The molecule has 1 aromatic heterocycles. The molecule has 178 valence electrons. The predicted octanol–water partition coefficient (Wildman–Crippen LogP) is 4.73. The Labute approximate surface area is 203 Å². The van der Waals surface area contributed by atoms with Gasteiger partial charge in [-0.05, 0) is 42.0 Å². The van der Waals surface area contributed by atoms with Crippen molar-refractivity contribution in [3.63, 3.8) is 0 Å². The highest BCUT2D eigenvalue weighted by atomic mass is 35.5. The number of carbonyl (C=O) groups excluding carboxylic acids is 2. The largest absolute Gasteiger partial charge is 0.434 e. The molecule has 2 aromatic carbocycles. The summed E-state index contributed by atoms with van der Waals surface area (Å²) in [4.78, 5) is 28.5. The van der Waals surface area contributed by atoms with Gasteiger partial charge >= 0.3 is 6.18 Å². The summed E-state index contributed by atoms with van der Waals surface area (Å²) in [7, 11) is 0. The summed E-state index contributed by atoms with van der Waals surface area (Å²) in [5.74, 6) is -0.904. The molecule has 0 aliphatic carbocycles. The zero-order valence-electron chi connectivity index (χ0n) is 17.7. The van der Waals surface area contributed by atoms with Crippen molar-refractivity contribution in [1.82, 2.24) is 19.6 Å². The van der Waals surface area contributed by atoms with Crippen molar-refractivity contribution in [3.8, 4) is 5.69 Å². The lowest BCUT2D eigenvalue weighted by Gasteiger charge is -2.35. The number of aromatic nitrogens is 2. The number of nitrogens with zero attached hydrogens (tertiary/aromatic N) is 4. The van der Waals surface area contributed by atoms with Crippen LogP contribution < -0.4 is 0 Å². The maximum Gasteiger partial charge on any atom is 0.434 e. The Morgan fingerprint density at radius 3 is 1.94 bits per heavy atom. The topological polar surface area (TPSA) is 58.4 Å². The van der Waals surface area contributed by atoms with Gasteiger partial charge in [-0.25, -0.2) is 4.68 Å². The summed E-state index contributed by atoms with van der Waals surface area (Å²) in [6.07, 6.45) is -3.70. The summed E-state index contributed by atoms with van der Waals surface area (Å²) in [6.45, 7) is 0.693. The van der Waals surface area contributed by atoms with Gasteiger partial charge in [0.25, 0.3) is 5.91 Å². The van der Waals surface area contributed by atoms with E-state index in [0.717, 1.165) is 11.8 Å². The van der Waals surface area contributed by atoms with Gasteiger partial charge in [-0.3, -0.25) is 9.59 Å². The minimum absolute atomic E-state index is 0.120. The number of halogens is 5. The van der Waals surface area contributed by atoms with Crippen LogP contribution >= 0.6 is 23.2 Å². The molecule has 1 fully saturated rings. The van der Waals surface area contributed by atoms with Crippen molar-refractivity contribution in [3.05, 3.63) is 81.6 Å². The third kappa shape index (κ3) is 5.20. The molecule has 0 unspecified atom stereocenters. The van der Waals surface area contributed by atoms with Crippen molar-refractivity contribution in [2.75, 3.05) is 26.2 Å². The Kier molecular flexibility index (Phi) is 6.86. The fraction of sp³-hybridized carbons (Fsp3) is 0.261. The molecule has 0 atom stereocenters. The molecule has 2 heterocycles. The van der Waals surface area contributed by atoms with Crippen LogP contribution in [0.2, 0.25) is 10.0 Å². The molecule has 0 radical (unpaired) electrons. The molecule has 1 aliphatic heterocycles. The normalized spacial score (nSPS) is 14.4. The summed E-state index contributed by atoms with van der Waals surface area (Å²) < 4.78 is 42.4. The average molecular weight is 511 g/mol. The van der Waals surface area contributed by atoms with Gasteiger partial charge in [0.2, 0.25) is 5.91 Å². The number of benzene rings is 2. The lowest BCUT2D eigenvalue weighted by Crippen LogP contribution is -2.51. The Balaban J connectivity index is 1.47. The number of rotatable bonds is 4. The molecule has 3 aromatic rings. The fourth-order valence-corrected chi connectivity index (χ4v) is 4.03. The average Bonchev–Trinajstić information content (AvgIpc) is 3.26. The van der Waals surface area contributed by atoms with E-state index in [4.69, 9.17) is 23.2 Å². The number of hydrogen-bond acceptors (Lipinski definition) is 3. The number of carbonyl (C=O) groups is 2. The van der Waals surface area contributed by atoms with Gasteiger partial charge in [0, 0.05) is 36.2 Å². The van der Waals surface area contributed by atoms with Crippen LogP contribution in [0.25, 0.3) is 5.69 Å². The van der Waals surface area contributed by atoms with Crippen LogP contribution in [0.4, 0.5) is 13.2 Å². The molecule has 0 bridgehead atoms. The van der Waals surface area contributed by atoms with E-state index in [-0.39, 0.29) is 44.2 Å². The molecule has 1 aliphatic rings. The lowest BCUT2D eigenvalue weighted by molar-refractivity contribution is -0.143. The Hall–Kier alpha value is -3.04. The number of alkyl halides is 3. The van der Waals surface area contributed by atoms with Gasteiger partial charge < -0.3 is 9.80 Å². The first-order valence-corrected chi connectivity index (χ1v) is 11.1. The van der Waals surface area contributed by atoms with Crippen LogP contribution in [0.3, 0.4) is 0 Å². The third-order valence-corrected chi connectivity index (χ3v) is 6.03. The van der Waals surface area contributed by atoms with Gasteiger partial charge in [0.05, 0.1) is 23.9 Å². The molecule has 1 saturated heterocycles. The van der Waals surface area contributed by atoms with Crippen LogP contribution in [0.1, 0.15) is 21.6 Å². The van der Waals surface area contributed by atoms with Gasteiger partial charge in [0.1, 0.15) is 0 Å². The second-order valence-electron chi connectivity index (χ2n) is 7.77. The highest BCUT2D eigenvalue weighted by Crippen LogP contribution is 2.34. The van der Waals surface area contributed by atoms with E-state index >= 15 is 0 Å². The molecular formula is C23H19Cl2F3N4O2. The van der Waals surface area contributed by atoms with E-state index in [1.807, 2.05) is 0 Å². The minimum atomic E-state index is -4.81. The van der Waals surface area contributed by atoms with E-state index in [0.29, 0.717) is 14.7 Å². The van der Waals surface area contributed by atoms with E-state index in [1.165, 1.54) is 29.2 Å². The first kappa shape index (κ1) is 24.1. The van der Waals surface area contributed by atoms with Crippen molar-refractivity contribution in [1.29, 1.82) is 0 Å². The summed E-state index contributed by atoms with van der Waals surface area (Å²) in [5.41, 5.74) is -0.754. The molecule has 2 amide bonds. The van der Waals surface area contributed by atoms with Gasteiger partial charge in [-0.15, -0.1) is 0 Å². The Morgan fingerprint density at radius 2 is 1.38 bits per heavy atom. The monoisotopic (exact) mass is 510 g/mol. The van der Waals surface area contributed by atoms with Gasteiger partial charge in [-0.1, -0.05) is 35.3 Å². The maximum atomic E-state index is 13.9. The Bertz CT molecular complexity index is 1190. The van der Waals surface area contributed by atoms with Gasteiger partial charge in [0.15, 0.2) is 5.69 Å². The van der Waals surface area contributed by atoms with E-state index in [9.17, 15) is 22.8 Å². The molecule has 6 nitrogen and oxygen atoms in total. The first-order valence-electron chi connectivity index (χ1n) is 10.4. The molecule has 0 saturated carbocycles. The molecule has 0 N–H and O–H groups in total. The van der Waals surface area contributed by atoms with E-state index in [1.54, 1.807) is 29.2 Å². The standard InChI is InChI=1S/C23H19Cl2F3N4O2/c24-16-3-1-15(2-4-16)13-20(33)30-9-11-31(12-10-30)22(34)19-14-29-32(21(19)23(26,27)28)18-7-5-17(25)6-8-18/h1-8,14H,9-13H2. The van der Waals surface area contributed by atoms with Crippen molar-refractivity contribution in [2.45, 2.75) is 12.6 Å². The zero-order valence-corrected chi connectivity index (χ0v) is 19.2. The van der Waals surface area contributed by atoms with Crippen LogP contribution in [-0.2, 0) is 17.4 Å². The highest BCUT2D eigenvalue weighted by molar-refractivity contribution is 6.30. The minimum Gasteiger partial charge on any atom is -0.339 e. The van der Waals surface area contributed by atoms with Crippen LogP contribution in [0.5, 0.6) is 0 Å². The summed E-state index contributed by atoms with van der Waals surface area (Å²) in [6, 6.07) is 12.6. The third-order valence-electron chi connectivity index (χ3n) is 5.53. The number of piperazine rings is 1. The van der Waals surface area contributed by atoms with Crippen LogP contribution in [-0.4, -0.2) is 57.6 Å². The van der Waals surface area contributed by atoms with E-state index < -0.39 is 23.3 Å². The summed E-state index contributed by atoms with van der Waals surface area (Å²) >= 11 is 11.7. The smallest absolute Gasteiger partial charge is 0.339 e. The van der Waals surface area contributed by atoms with Crippen LogP contribution in [0.15, 0.2) is 54.7 Å². The molecular weight excluding hydrogens is 492 g/mol. The van der Waals surface area contributed by atoms with Crippen molar-refractivity contribution < 1.29 is 22.8 Å². The predicted molar refractivity (Wildman–Crippen MR) is 121 cm³/mol. The molecule has 11 heteroatoms. The summed E-state index contributed by atoms with van der Waals surface area (Å²) in [5, 5.41) is 4.76. The molecule has 4 rings (SSSR count). The second kappa shape index (κ2) is 9.68. The molecule has 34 heavy (non-hydrogen) atoms. The van der Waals surface area contributed by atoms with E-state index in [2.05, 4.69) is 5.10 Å². The highest BCUT2D eigenvalue weighted by Gasteiger charge is 2.41. The van der Waals surface area contributed by atoms with Crippen molar-refractivity contribution >= 4 is 35.0 Å².